The summed E-state index contributed by atoms with van der Waals surface area (Å²) < 4.78 is 1.44. The van der Waals surface area contributed by atoms with Gasteiger partial charge < -0.3 is 5.73 Å². The van der Waals surface area contributed by atoms with Crippen LogP contribution in [0.15, 0.2) is 41.3 Å². The van der Waals surface area contributed by atoms with E-state index < -0.39 is 5.69 Å². The van der Waals surface area contributed by atoms with Crippen molar-refractivity contribution in [1.82, 2.24) is 14.5 Å². The van der Waals surface area contributed by atoms with Gasteiger partial charge in [-0.1, -0.05) is 12.1 Å². The maximum absolute atomic E-state index is 11.9. The lowest BCUT2D eigenvalue weighted by atomic mass is 10.1. The van der Waals surface area contributed by atoms with Gasteiger partial charge in [0.05, 0.1) is 5.69 Å². The number of anilines is 1. The Bertz CT molecular complexity index is 705. The van der Waals surface area contributed by atoms with Crippen LogP contribution in [0, 0.1) is 0 Å². The molecule has 2 heterocycles. The molecule has 0 spiro atoms. The van der Waals surface area contributed by atoms with E-state index in [2.05, 4.69) is 9.88 Å². The average molecular weight is 315 g/mol. The first-order chi connectivity index (χ1) is 11.2. The Morgan fingerprint density at radius 3 is 2.52 bits per heavy atom. The Balaban J connectivity index is 1.71. The summed E-state index contributed by atoms with van der Waals surface area (Å²) in [5.74, 6) is 0.131. The molecule has 1 fully saturated rings. The van der Waals surface area contributed by atoms with E-state index in [1.54, 1.807) is 6.20 Å². The number of nitrogens with two attached hydrogens (primary N) is 1. The van der Waals surface area contributed by atoms with E-state index in [-0.39, 0.29) is 5.82 Å². The summed E-state index contributed by atoms with van der Waals surface area (Å²) in [4.78, 5) is 18.0. The van der Waals surface area contributed by atoms with E-state index in [0.29, 0.717) is 6.04 Å². The minimum Gasteiger partial charge on any atom is -0.328 e. The highest BCUT2D eigenvalue weighted by molar-refractivity contribution is 5.37. The lowest BCUT2D eigenvalue weighted by Gasteiger charge is -2.30. The minimum atomic E-state index is -0.443. The van der Waals surface area contributed by atoms with Crippen LogP contribution in [-0.4, -0.2) is 38.8 Å². The highest BCUT2D eigenvalue weighted by Gasteiger charge is 2.15. The van der Waals surface area contributed by atoms with Crippen LogP contribution in [0.5, 0.6) is 0 Å². The molecule has 0 bridgehead atoms. The number of benzene rings is 1. The van der Waals surface area contributed by atoms with Crippen LogP contribution in [0.1, 0.15) is 18.4 Å². The van der Waals surface area contributed by atoms with Crippen LogP contribution in [0.2, 0.25) is 0 Å². The molecule has 122 valence electrons. The number of nitrogens with one attached hydrogen (secondary N) is 1. The minimum absolute atomic E-state index is 0.131. The zero-order chi connectivity index (χ0) is 16.2. The van der Waals surface area contributed by atoms with Crippen molar-refractivity contribution in [2.24, 2.45) is 5.73 Å². The summed E-state index contributed by atoms with van der Waals surface area (Å²) in [7, 11) is 0. The van der Waals surface area contributed by atoms with Crippen LogP contribution in [0.25, 0.3) is 5.69 Å². The number of rotatable bonds is 4. The molecule has 1 saturated heterocycles. The third-order valence-electron chi connectivity index (χ3n) is 4.17. The molecule has 7 heteroatoms. The van der Waals surface area contributed by atoms with Crippen molar-refractivity contribution >= 4 is 5.82 Å². The van der Waals surface area contributed by atoms with Crippen LogP contribution >= 0.6 is 0 Å². The van der Waals surface area contributed by atoms with E-state index in [4.69, 9.17) is 10.9 Å². The third kappa shape index (κ3) is 3.76. The zero-order valence-corrected chi connectivity index (χ0v) is 12.9. The SMILES string of the molecule is NC1CCN(Cc2ccc(-n3ccc(NO)nc3=O)cc2)CC1. The van der Waals surface area contributed by atoms with Gasteiger partial charge in [0.1, 0.15) is 0 Å². The smallest absolute Gasteiger partial charge is 0.328 e. The molecule has 4 N–H and O–H groups in total. The van der Waals surface area contributed by atoms with Crippen LogP contribution in [0.4, 0.5) is 5.82 Å². The first-order valence-electron chi connectivity index (χ1n) is 7.73. The molecule has 0 saturated carbocycles. The van der Waals surface area contributed by atoms with Crippen molar-refractivity contribution in [2.45, 2.75) is 25.4 Å². The topological polar surface area (TPSA) is 96.4 Å². The van der Waals surface area contributed by atoms with E-state index in [1.807, 2.05) is 29.7 Å². The Hall–Kier alpha value is -2.22. The summed E-state index contributed by atoms with van der Waals surface area (Å²) in [6, 6.07) is 9.72. The van der Waals surface area contributed by atoms with E-state index in [0.717, 1.165) is 38.2 Å². The highest BCUT2D eigenvalue weighted by Crippen LogP contribution is 2.14. The second kappa shape index (κ2) is 6.91. The number of hydrogen-bond acceptors (Lipinski definition) is 6. The molecule has 0 radical (unpaired) electrons. The molecule has 2 aromatic rings. The molecule has 7 nitrogen and oxygen atoms in total. The highest BCUT2D eigenvalue weighted by atomic mass is 16.5. The number of nitrogens with zero attached hydrogens (tertiary/aromatic N) is 3. The second-order valence-corrected chi connectivity index (χ2v) is 5.86. The third-order valence-corrected chi connectivity index (χ3v) is 4.17. The van der Waals surface area contributed by atoms with Gasteiger partial charge in [0.2, 0.25) is 0 Å². The largest absolute Gasteiger partial charge is 0.354 e. The van der Waals surface area contributed by atoms with E-state index in [1.165, 1.54) is 16.2 Å². The summed E-state index contributed by atoms with van der Waals surface area (Å²) >= 11 is 0. The van der Waals surface area contributed by atoms with Crippen molar-refractivity contribution in [1.29, 1.82) is 0 Å². The van der Waals surface area contributed by atoms with Crippen molar-refractivity contribution in [3.05, 3.63) is 52.6 Å². The normalized spacial score (nSPS) is 16.4. The van der Waals surface area contributed by atoms with Crippen molar-refractivity contribution < 1.29 is 5.21 Å². The monoisotopic (exact) mass is 315 g/mol. The molecule has 0 amide bonds. The summed E-state index contributed by atoms with van der Waals surface area (Å²) in [5, 5.41) is 8.76. The van der Waals surface area contributed by atoms with Gasteiger partial charge in [-0.15, -0.1) is 0 Å². The van der Waals surface area contributed by atoms with Gasteiger partial charge >= 0.3 is 5.69 Å². The van der Waals surface area contributed by atoms with Crippen molar-refractivity contribution in [3.8, 4) is 5.69 Å². The van der Waals surface area contributed by atoms with Crippen molar-refractivity contribution in [2.75, 3.05) is 18.6 Å². The van der Waals surface area contributed by atoms with Crippen LogP contribution in [-0.2, 0) is 6.54 Å². The Kier molecular flexibility index (Phi) is 4.71. The lowest BCUT2D eigenvalue weighted by molar-refractivity contribution is 0.205. The molecule has 0 atom stereocenters. The first-order valence-corrected chi connectivity index (χ1v) is 7.73. The fraction of sp³-hybridized carbons (Fsp3) is 0.375. The van der Waals surface area contributed by atoms with Gasteiger partial charge in [-0.25, -0.2) is 4.79 Å². The molecule has 1 aliphatic rings. The Labute approximate surface area is 134 Å². The summed E-state index contributed by atoms with van der Waals surface area (Å²) in [6.45, 7) is 2.96. The van der Waals surface area contributed by atoms with Crippen LogP contribution in [0.3, 0.4) is 0 Å². The maximum Gasteiger partial charge on any atom is 0.354 e. The standard InChI is InChI=1S/C16H21N5O2/c17-13-5-8-20(9-6-13)11-12-1-3-14(4-2-12)21-10-7-15(19-23)18-16(21)22/h1-4,7,10,13,23H,5-6,8-9,11,17H2,(H,18,19,22). The molecule has 1 aliphatic heterocycles. The van der Waals surface area contributed by atoms with E-state index in [9.17, 15) is 4.79 Å². The van der Waals surface area contributed by atoms with Crippen LogP contribution < -0.4 is 16.9 Å². The molecule has 0 unspecified atom stereocenters. The van der Waals surface area contributed by atoms with Crippen molar-refractivity contribution in [3.63, 3.8) is 0 Å². The molecule has 1 aromatic carbocycles. The number of aromatic nitrogens is 2. The number of piperidine rings is 1. The molecular formula is C16H21N5O2. The summed E-state index contributed by atoms with van der Waals surface area (Å²) in [5.41, 5.74) is 9.30. The predicted molar refractivity (Wildman–Crippen MR) is 87.7 cm³/mol. The van der Waals surface area contributed by atoms with Gasteiger partial charge in [-0.2, -0.15) is 4.98 Å². The predicted octanol–water partition coefficient (Wildman–Crippen LogP) is 0.957. The quantitative estimate of drug-likeness (QED) is 0.727. The molecule has 0 aliphatic carbocycles. The summed E-state index contributed by atoms with van der Waals surface area (Å²) in [6.07, 6.45) is 3.67. The van der Waals surface area contributed by atoms with Gasteiger partial charge in [-0.3, -0.25) is 20.2 Å². The average Bonchev–Trinajstić information content (AvgIpc) is 2.58. The fourth-order valence-corrected chi connectivity index (χ4v) is 2.79. The van der Waals surface area contributed by atoms with Gasteiger partial charge in [0.15, 0.2) is 5.82 Å². The van der Waals surface area contributed by atoms with E-state index >= 15 is 0 Å². The molecule has 23 heavy (non-hydrogen) atoms. The van der Waals surface area contributed by atoms with Gasteiger partial charge in [-0.05, 0) is 49.7 Å². The lowest BCUT2D eigenvalue weighted by Crippen LogP contribution is -2.39. The number of likely N-dealkylation sites (tertiary alicyclic amines) is 1. The molecule has 1 aromatic heterocycles. The van der Waals surface area contributed by atoms with Gasteiger partial charge in [0.25, 0.3) is 0 Å². The second-order valence-electron chi connectivity index (χ2n) is 5.86. The first kappa shape index (κ1) is 15.7. The Morgan fingerprint density at radius 1 is 1.22 bits per heavy atom. The zero-order valence-electron chi connectivity index (χ0n) is 12.9. The maximum atomic E-state index is 11.9. The fourth-order valence-electron chi connectivity index (χ4n) is 2.79. The van der Waals surface area contributed by atoms with Gasteiger partial charge in [0, 0.05) is 18.8 Å². The Morgan fingerprint density at radius 2 is 1.91 bits per heavy atom. The number of hydrogen-bond donors (Lipinski definition) is 3. The molecular weight excluding hydrogens is 294 g/mol. The molecule has 3 rings (SSSR count).